The van der Waals surface area contributed by atoms with Crippen LogP contribution in [-0.2, 0) is 0 Å². The summed E-state index contributed by atoms with van der Waals surface area (Å²) >= 11 is 9.64. The highest BCUT2D eigenvalue weighted by atomic mass is 79.9. The van der Waals surface area contributed by atoms with Gasteiger partial charge in [-0.2, -0.15) is 0 Å². The van der Waals surface area contributed by atoms with E-state index in [1.165, 1.54) is 5.69 Å². The molecule has 1 aliphatic heterocycles. The molecule has 2 nitrogen and oxygen atoms in total. The predicted octanol–water partition coefficient (Wildman–Crippen LogP) is 2.90. The van der Waals surface area contributed by atoms with Crippen molar-refractivity contribution in [3.8, 4) is 0 Å². The Labute approximate surface area is 104 Å². The molecule has 4 heteroatoms. The van der Waals surface area contributed by atoms with Crippen molar-refractivity contribution >= 4 is 33.2 Å². The van der Waals surface area contributed by atoms with E-state index in [2.05, 4.69) is 39.1 Å². The predicted molar refractivity (Wildman–Crippen MR) is 68.8 cm³/mol. The van der Waals surface area contributed by atoms with Gasteiger partial charge in [0.25, 0.3) is 0 Å². The smallest absolute Gasteiger partial charge is 0.0595 e. The fourth-order valence-corrected chi connectivity index (χ4v) is 2.57. The van der Waals surface area contributed by atoms with Crippen LogP contribution in [0.2, 0.25) is 5.02 Å². The lowest BCUT2D eigenvalue weighted by Crippen LogP contribution is -2.50. The number of rotatable bonds is 1. The maximum atomic E-state index is 6.09. The number of hydrogen-bond donors (Lipinski definition) is 1. The Balaban J connectivity index is 2.31. The number of nitrogens with one attached hydrogen (secondary N) is 1. The third-order valence-electron chi connectivity index (χ3n) is 2.74. The van der Waals surface area contributed by atoms with Gasteiger partial charge in [-0.25, -0.2) is 0 Å². The van der Waals surface area contributed by atoms with Gasteiger partial charge in [0.15, 0.2) is 0 Å². The average molecular weight is 290 g/mol. The van der Waals surface area contributed by atoms with Gasteiger partial charge in [-0.15, -0.1) is 0 Å². The molecule has 1 aromatic rings. The normalized spacial score (nSPS) is 21.8. The van der Waals surface area contributed by atoms with Crippen LogP contribution in [0.15, 0.2) is 22.7 Å². The Morgan fingerprint density at radius 3 is 3.07 bits per heavy atom. The van der Waals surface area contributed by atoms with Crippen molar-refractivity contribution in [3.05, 3.63) is 27.7 Å². The standard InChI is InChI=1S/C11H14BrClN2/c1-8-7-14-5-6-15(8)10-4-2-3-9(13)11(10)12/h2-4,8,14H,5-7H2,1H3. The van der Waals surface area contributed by atoms with E-state index in [4.69, 9.17) is 11.6 Å². The number of piperazine rings is 1. The topological polar surface area (TPSA) is 15.3 Å². The summed E-state index contributed by atoms with van der Waals surface area (Å²) in [5.74, 6) is 0. The van der Waals surface area contributed by atoms with Gasteiger partial charge in [-0.3, -0.25) is 0 Å². The summed E-state index contributed by atoms with van der Waals surface area (Å²) in [5.41, 5.74) is 1.19. The second kappa shape index (κ2) is 4.73. The van der Waals surface area contributed by atoms with Crippen molar-refractivity contribution in [2.45, 2.75) is 13.0 Å². The minimum Gasteiger partial charge on any atom is -0.365 e. The van der Waals surface area contributed by atoms with E-state index in [1.807, 2.05) is 12.1 Å². The number of hydrogen-bond acceptors (Lipinski definition) is 2. The minimum absolute atomic E-state index is 0.508. The zero-order valence-corrected chi connectivity index (χ0v) is 11.0. The number of halogens is 2. The molecule has 1 N–H and O–H groups in total. The van der Waals surface area contributed by atoms with Crippen molar-refractivity contribution < 1.29 is 0 Å². The van der Waals surface area contributed by atoms with Crippen molar-refractivity contribution in [1.29, 1.82) is 0 Å². The first kappa shape index (κ1) is 11.2. The van der Waals surface area contributed by atoms with Gasteiger partial charge in [-0.05, 0) is 35.0 Å². The Hall–Kier alpha value is -0.250. The molecule has 0 radical (unpaired) electrons. The Morgan fingerprint density at radius 1 is 1.53 bits per heavy atom. The van der Waals surface area contributed by atoms with Crippen LogP contribution in [0.25, 0.3) is 0 Å². The summed E-state index contributed by atoms with van der Waals surface area (Å²) < 4.78 is 1.00. The molecule has 1 heterocycles. The fraction of sp³-hybridized carbons (Fsp3) is 0.455. The summed E-state index contributed by atoms with van der Waals surface area (Å²) in [6.45, 7) is 5.31. The first-order valence-corrected chi connectivity index (χ1v) is 6.28. The van der Waals surface area contributed by atoms with Gasteiger partial charge in [0.2, 0.25) is 0 Å². The second-order valence-electron chi connectivity index (χ2n) is 3.82. The van der Waals surface area contributed by atoms with Crippen molar-refractivity contribution in [3.63, 3.8) is 0 Å². The van der Waals surface area contributed by atoms with Crippen LogP contribution in [0, 0.1) is 0 Å². The van der Waals surface area contributed by atoms with Crippen LogP contribution in [0.3, 0.4) is 0 Å². The highest BCUT2D eigenvalue weighted by Crippen LogP contribution is 2.33. The molecule has 0 aromatic heterocycles. The van der Waals surface area contributed by atoms with Crippen LogP contribution in [0.5, 0.6) is 0 Å². The molecule has 1 atom stereocenters. The highest BCUT2D eigenvalue weighted by Gasteiger charge is 2.20. The molecule has 1 fully saturated rings. The molecule has 0 spiro atoms. The van der Waals surface area contributed by atoms with Crippen LogP contribution in [0.1, 0.15) is 6.92 Å². The molecule has 1 saturated heterocycles. The Morgan fingerprint density at radius 2 is 2.33 bits per heavy atom. The molecule has 0 amide bonds. The molecule has 0 saturated carbocycles. The minimum atomic E-state index is 0.508. The lowest BCUT2D eigenvalue weighted by Gasteiger charge is -2.36. The zero-order valence-electron chi connectivity index (χ0n) is 8.63. The summed E-state index contributed by atoms with van der Waals surface area (Å²) in [6.07, 6.45) is 0. The van der Waals surface area contributed by atoms with E-state index in [9.17, 15) is 0 Å². The van der Waals surface area contributed by atoms with Gasteiger partial charge in [0.1, 0.15) is 0 Å². The van der Waals surface area contributed by atoms with Gasteiger partial charge in [0.05, 0.1) is 15.2 Å². The van der Waals surface area contributed by atoms with E-state index >= 15 is 0 Å². The number of nitrogens with zero attached hydrogens (tertiary/aromatic N) is 1. The highest BCUT2D eigenvalue weighted by molar-refractivity contribution is 9.10. The summed E-state index contributed by atoms with van der Waals surface area (Å²) in [4.78, 5) is 2.38. The van der Waals surface area contributed by atoms with Gasteiger partial charge >= 0.3 is 0 Å². The van der Waals surface area contributed by atoms with E-state index in [0.717, 1.165) is 29.1 Å². The van der Waals surface area contributed by atoms with Crippen molar-refractivity contribution in [2.75, 3.05) is 24.5 Å². The third kappa shape index (κ3) is 2.30. The van der Waals surface area contributed by atoms with Gasteiger partial charge in [0, 0.05) is 25.7 Å². The molecule has 0 bridgehead atoms. The Kier molecular flexibility index (Phi) is 3.54. The summed E-state index contributed by atoms with van der Waals surface area (Å²) in [5, 5.41) is 4.15. The van der Waals surface area contributed by atoms with Crippen LogP contribution in [-0.4, -0.2) is 25.7 Å². The molecule has 2 rings (SSSR count). The van der Waals surface area contributed by atoms with Crippen LogP contribution < -0.4 is 10.2 Å². The molecule has 15 heavy (non-hydrogen) atoms. The van der Waals surface area contributed by atoms with E-state index in [1.54, 1.807) is 0 Å². The molecule has 1 unspecified atom stereocenters. The lowest BCUT2D eigenvalue weighted by atomic mass is 10.2. The van der Waals surface area contributed by atoms with Crippen molar-refractivity contribution in [1.82, 2.24) is 5.32 Å². The van der Waals surface area contributed by atoms with E-state index in [-0.39, 0.29) is 0 Å². The SMILES string of the molecule is CC1CNCCN1c1cccc(Cl)c1Br. The molecular weight excluding hydrogens is 275 g/mol. The van der Waals surface area contributed by atoms with Crippen LogP contribution >= 0.6 is 27.5 Å². The largest absolute Gasteiger partial charge is 0.365 e. The number of anilines is 1. The van der Waals surface area contributed by atoms with Crippen molar-refractivity contribution in [2.24, 2.45) is 0 Å². The second-order valence-corrected chi connectivity index (χ2v) is 5.02. The Bertz CT molecular complexity index is 356. The zero-order chi connectivity index (χ0) is 10.8. The van der Waals surface area contributed by atoms with E-state index in [0.29, 0.717) is 6.04 Å². The molecule has 82 valence electrons. The average Bonchev–Trinajstić information content (AvgIpc) is 2.23. The molecule has 1 aliphatic rings. The maximum Gasteiger partial charge on any atom is 0.0595 e. The van der Waals surface area contributed by atoms with Gasteiger partial charge in [-0.1, -0.05) is 17.7 Å². The molecular formula is C11H14BrClN2. The first-order valence-electron chi connectivity index (χ1n) is 5.11. The quantitative estimate of drug-likeness (QED) is 0.855. The van der Waals surface area contributed by atoms with Gasteiger partial charge < -0.3 is 10.2 Å². The summed E-state index contributed by atoms with van der Waals surface area (Å²) in [6, 6.07) is 6.52. The summed E-state index contributed by atoms with van der Waals surface area (Å²) in [7, 11) is 0. The van der Waals surface area contributed by atoms with Crippen LogP contribution in [0.4, 0.5) is 5.69 Å². The van der Waals surface area contributed by atoms with E-state index < -0.39 is 0 Å². The molecule has 0 aliphatic carbocycles. The molecule has 1 aromatic carbocycles. The third-order valence-corrected chi connectivity index (χ3v) is 4.12. The maximum absolute atomic E-state index is 6.09. The first-order chi connectivity index (χ1) is 7.20. The number of benzene rings is 1. The monoisotopic (exact) mass is 288 g/mol. The fourth-order valence-electron chi connectivity index (χ4n) is 1.91. The lowest BCUT2D eigenvalue weighted by molar-refractivity contribution is 0.500.